The topological polar surface area (TPSA) is 22.4 Å². The second-order valence-corrected chi connectivity index (χ2v) is 3.09. The van der Waals surface area contributed by atoms with Crippen molar-refractivity contribution >= 4 is 0 Å². The number of furan rings is 1. The van der Waals surface area contributed by atoms with Crippen LogP contribution < -0.4 is 0 Å². The maximum Gasteiger partial charge on any atom is 0.132 e. The summed E-state index contributed by atoms with van der Waals surface area (Å²) in [5.74, 6) is 0.933. The van der Waals surface area contributed by atoms with Gasteiger partial charge in [0.2, 0.25) is 0 Å². The molecule has 1 atom stereocenters. The summed E-state index contributed by atoms with van der Waals surface area (Å²) in [5, 5.41) is 0. The van der Waals surface area contributed by atoms with Gasteiger partial charge in [0.15, 0.2) is 0 Å². The first-order valence-electron chi connectivity index (χ1n) is 4.17. The third kappa shape index (κ3) is 1.43. The molecule has 1 unspecified atom stereocenters. The minimum Gasteiger partial charge on any atom is -0.467 e. The first kappa shape index (κ1) is 7.62. The van der Waals surface area contributed by atoms with Crippen LogP contribution in [-0.4, -0.2) is 6.61 Å². The van der Waals surface area contributed by atoms with Gasteiger partial charge >= 0.3 is 0 Å². The SMILES string of the molecule is CC1=CCOC(c2ccco2)C1. The molecule has 0 amide bonds. The lowest BCUT2D eigenvalue weighted by molar-refractivity contribution is 0.0480. The Bertz CT molecular complexity index is 272. The summed E-state index contributed by atoms with van der Waals surface area (Å²) in [4.78, 5) is 0. The molecule has 2 heterocycles. The van der Waals surface area contributed by atoms with Crippen LogP contribution in [0.1, 0.15) is 25.2 Å². The van der Waals surface area contributed by atoms with Crippen LogP contribution in [0.2, 0.25) is 0 Å². The Morgan fingerprint density at radius 3 is 3.08 bits per heavy atom. The fourth-order valence-electron chi connectivity index (χ4n) is 1.40. The average Bonchev–Trinajstić information content (AvgIpc) is 2.56. The van der Waals surface area contributed by atoms with Gasteiger partial charge in [-0.15, -0.1) is 0 Å². The molecule has 0 radical (unpaired) electrons. The van der Waals surface area contributed by atoms with Crippen molar-refractivity contribution < 1.29 is 9.15 Å². The Morgan fingerprint density at radius 1 is 1.50 bits per heavy atom. The lowest BCUT2D eigenvalue weighted by Gasteiger charge is -2.19. The highest BCUT2D eigenvalue weighted by atomic mass is 16.5. The van der Waals surface area contributed by atoms with Crippen molar-refractivity contribution in [3.05, 3.63) is 35.8 Å². The lowest BCUT2D eigenvalue weighted by Crippen LogP contribution is -2.09. The molecule has 0 fully saturated rings. The number of hydrogen-bond acceptors (Lipinski definition) is 2. The first-order chi connectivity index (χ1) is 5.86. The van der Waals surface area contributed by atoms with E-state index in [0.29, 0.717) is 6.61 Å². The summed E-state index contributed by atoms with van der Waals surface area (Å²) in [6.45, 7) is 2.83. The van der Waals surface area contributed by atoms with Gasteiger partial charge in [-0.1, -0.05) is 11.6 Å². The standard InChI is InChI=1S/C10H12O2/c1-8-4-6-12-10(7-8)9-3-2-5-11-9/h2-5,10H,6-7H2,1H3. The van der Waals surface area contributed by atoms with E-state index in [1.165, 1.54) is 5.57 Å². The molecule has 0 spiro atoms. The lowest BCUT2D eigenvalue weighted by atomic mass is 10.1. The zero-order valence-corrected chi connectivity index (χ0v) is 7.12. The molecule has 0 N–H and O–H groups in total. The smallest absolute Gasteiger partial charge is 0.132 e. The summed E-state index contributed by atoms with van der Waals surface area (Å²) < 4.78 is 10.8. The fraction of sp³-hybridized carbons (Fsp3) is 0.400. The van der Waals surface area contributed by atoms with Crippen molar-refractivity contribution in [3.8, 4) is 0 Å². The Hall–Kier alpha value is -1.02. The quantitative estimate of drug-likeness (QED) is 0.595. The number of ether oxygens (including phenoxy) is 1. The number of hydrogen-bond donors (Lipinski definition) is 0. The molecule has 2 nitrogen and oxygen atoms in total. The molecule has 1 aromatic rings. The Labute approximate surface area is 71.8 Å². The van der Waals surface area contributed by atoms with Crippen LogP contribution in [0.25, 0.3) is 0 Å². The van der Waals surface area contributed by atoms with Gasteiger partial charge in [-0.25, -0.2) is 0 Å². The van der Waals surface area contributed by atoms with Crippen molar-refractivity contribution in [1.82, 2.24) is 0 Å². The van der Waals surface area contributed by atoms with E-state index in [0.717, 1.165) is 12.2 Å². The highest BCUT2D eigenvalue weighted by Gasteiger charge is 2.17. The van der Waals surface area contributed by atoms with Crippen molar-refractivity contribution in [3.63, 3.8) is 0 Å². The summed E-state index contributed by atoms with van der Waals surface area (Å²) in [6.07, 6.45) is 4.88. The molecule has 1 aromatic heterocycles. The van der Waals surface area contributed by atoms with Crippen LogP contribution in [0.15, 0.2) is 34.5 Å². The first-order valence-corrected chi connectivity index (χ1v) is 4.17. The van der Waals surface area contributed by atoms with Gasteiger partial charge in [0, 0.05) is 6.42 Å². The van der Waals surface area contributed by atoms with Gasteiger partial charge < -0.3 is 9.15 Å². The summed E-state index contributed by atoms with van der Waals surface area (Å²) >= 11 is 0. The molecular formula is C10H12O2. The molecule has 0 aromatic carbocycles. The molecule has 12 heavy (non-hydrogen) atoms. The third-order valence-corrected chi connectivity index (χ3v) is 2.10. The van der Waals surface area contributed by atoms with Crippen LogP contribution in [0.5, 0.6) is 0 Å². The van der Waals surface area contributed by atoms with E-state index in [9.17, 15) is 0 Å². The fourth-order valence-corrected chi connectivity index (χ4v) is 1.40. The molecule has 2 rings (SSSR count). The summed E-state index contributed by atoms with van der Waals surface area (Å²) in [5.41, 5.74) is 1.38. The zero-order valence-electron chi connectivity index (χ0n) is 7.12. The molecule has 1 aliphatic heterocycles. The molecule has 0 aliphatic carbocycles. The Balaban J connectivity index is 2.12. The molecule has 2 heteroatoms. The molecule has 0 saturated heterocycles. The maximum atomic E-state index is 5.52. The van der Waals surface area contributed by atoms with Crippen molar-refractivity contribution in [2.45, 2.75) is 19.4 Å². The normalized spacial score (nSPS) is 23.8. The van der Waals surface area contributed by atoms with E-state index >= 15 is 0 Å². The predicted molar refractivity (Wildman–Crippen MR) is 45.8 cm³/mol. The van der Waals surface area contributed by atoms with Crippen LogP contribution in [0, 0.1) is 0 Å². The monoisotopic (exact) mass is 164 g/mol. The highest BCUT2D eigenvalue weighted by Crippen LogP contribution is 2.28. The molecule has 64 valence electrons. The second-order valence-electron chi connectivity index (χ2n) is 3.09. The Kier molecular flexibility index (Phi) is 2.00. The zero-order chi connectivity index (χ0) is 8.39. The molecule has 0 bridgehead atoms. The van der Waals surface area contributed by atoms with E-state index in [2.05, 4.69) is 13.0 Å². The summed E-state index contributed by atoms with van der Waals surface area (Å²) in [6, 6.07) is 3.86. The van der Waals surface area contributed by atoms with Gasteiger partial charge in [0.25, 0.3) is 0 Å². The second kappa shape index (κ2) is 3.15. The third-order valence-electron chi connectivity index (χ3n) is 2.10. The largest absolute Gasteiger partial charge is 0.467 e. The van der Waals surface area contributed by atoms with Crippen molar-refractivity contribution in [2.75, 3.05) is 6.61 Å². The van der Waals surface area contributed by atoms with Crippen LogP contribution in [0.4, 0.5) is 0 Å². The van der Waals surface area contributed by atoms with Crippen molar-refractivity contribution in [2.24, 2.45) is 0 Å². The van der Waals surface area contributed by atoms with E-state index in [4.69, 9.17) is 9.15 Å². The maximum absolute atomic E-state index is 5.52. The van der Waals surface area contributed by atoms with E-state index in [-0.39, 0.29) is 6.10 Å². The van der Waals surface area contributed by atoms with E-state index in [1.807, 2.05) is 12.1 Å². The summed E-state index contributed by atoms with van der Waals surface area (Å²) in [7, 11) is 0. The van der Waals surface area contributed by atoms with Crippen LogP contribution >= 0.6 is 0 Å². The average molecular weight is 164 g/mol. The van der Waals surface area contributed by atoms with Gasteiger partial charge in [-0.05, 0) is 19.1 Å². The molecule has 1 aliphatic rings. The molecule has 0 saturated carbocycles. The van der Waals surface area contributed by atoms with Crippen LogP contribution in [0.3, 0.4) is 0 Å². The van der Waals surface area contributed by atoms with Crippen LogP contribution in [-0.2, 0) is 4.74 Å². The van der Waals surface area contributed by atoms with E-state index in [1.54, 1.807) is 6.26 Å². The van der Waals surface area contributed by atoms with Gasteiger partial charge in [0.1, 0.15) is 11.9 Å². The Morgan fingerprint density at radius 2 is 2.42 bits per heavy atom. The highest BCUT2D eigenvalue weighted by molar-refractivity contribution is 5.11. The predicted octanol–water partition coefficient (Wildman–Crippen LogP) is 2.69. The van der Waals surface area contributed by atoms with E-state index < -0.39 is 0 Å². The number of rotatable bonds is 1. The van der Waals surface area contributed by atoms with Gasteiger partial charge in [-0.3, -0.25) is 0 Å². The minimum atomic E-state index is 0.130. The van der Waals surface area contributed by atoms with Gasteiger partial charge in [0.05, 0.1) is 12.9 Å². The van der Waals surface area contributed by atoms with Crippen molar-refractivity contribution in [1.29, 1.82) is 0 Å². The minimum absolute atomic E-state index is 0.130. The molecular weight excluding hydrogens is 152 g/mol. The van der Waals surface area contributed by atoms with Gasteiger partial charge in [-0.2, -0.15) is 0 Å².